The first-order valence-electron chi connectivity index (χ1n) is 13.8. The van der Waals surface area contributed by atoms with Crippen LogP contribution in [0.2, 0.25) is 0 Å². The van der Waals surface area contributed by atoms with Gasteiger partial charge in [-0.15, -0.1) is 0 Å². The van der Waals surface area contributed by atoms with Crippen LogP contribution < -0.4 is 10.6 Å². The number of benzene rings is 1. The number of halogens is 3. The SMILES string of the molecule is CNC[C@H](C[C@H]1CC[C@H](F)CC1)NC(=O)N1CCC[C@@H]([C@@](O)(CCCCOC)c2cc(F)ccc2F)C1. The Morgan fingerprint density at radius 1 is 1.22 bits per heavy atom. The maximum atomic E-state index is 14.9. The summed E-state index contributed by atoms with van der Waals surface area (Å²) in [5.41, 5.74) is -1.65. The maximum absolute atomic E-state index is 14.9. The Bertz CT molecular complexity index is 853. The fourth-order valence-electron chi connectivity index (χ4n) is 6.05. The van der Waals surface area contributed by atoms with E-state index in [0.717, 1.165) is 37.5 Å². The number of hydrogen-bond acceptors (Lipinski definition) is 4. The molecule has 210 valence electrons. The molecule has 1 aliphatic carbocycles. The summed E-state index contributed by atoms with van der Waals surface area (Å²) < 4.78 is 47.7. The van der Waals surface area contributed by atoms with Gasteiger partial charge in [0.2, 0.25) is 0 Å². The largest absolute Gasteiger partial charge is 0.385 e. The van der Waals surface area contributed by atoms with Gasteiger partial charge in [0, 0.05) is 50.9 Å². The van der Waals surface area contributed by atoms with Crippen molar-refractivity contribution in [2.45, 2.75) is 82.0 Å². The van der Waals surface area contributed by atoms with Gasteiger partial charge in [-0.05, 0) is 95.4 Å². The third-order valence-corrected chi connectivity index (χ3v) is 8.11. The molecule has 1 heterocycles. The monoisotopic (exact) mass is 527 g/mol. The smallest absolute Gasteiger partial charge is 0.317 e. The molecule has 2 amide bonds. The van der Waals surface area contributed by atoms with Gasteiger partial charge in [-0.1, -0.05) is 0 Å². The second-order valence-corrected chi connectivity index (χ2v) is 10.8. The number of rotatable bonds is 12. The molecule has 0 spiro atoms. The molecule has 1 saturated carbocycles. The first-order chi connectivity index (χ1) is 17.8. The van der Waals surface area contributed by atoms with Gasteiger partial charge in [-0.25, -0.2) is 18.0 Å². The highest BCUT2D eigenvalue weighted by atomic mass is 19.1. The van der Waals surface area contributed by atoms with Crippen LogP contribution in [0.15, 0.2) is 18.2 Å². The fourth-order valence-corrected chi connectivity index (χ4v) is 6.05. The lowest BCUT2D eigenvalue weighted by Crippen LogP contribution is -2.54. The number of aliphatic hydroxyl groups is 1. The second-order valence-electron chi connectivity index (χ2n) is 10.8. The van der Waals surface area contributed by atoms with E-state index in [9.17, 15) is 23.1 Å². The van der Waals surface area contributed by atoms with Crippen LogP contribution in [-0.4, -0.2) is 68.6 Å². The zero-order valence-electron chi connectivity index (χ0n) is 22.3. The molecule has 1 aliphatic heterocycles. The van der Waals surface area contributed by atoms with E-state index in [2.05, 4.69) is 10.6 Å². The van der Waals surface area contributed by atoms with Crippen LogP contribution in [0.25, 0.3) is 0 Å². The van der Waals surface area contributed by atoms with Crippen molar-refractivity contribution in [2.75, 3.05) is 40.4 Å². The molecule has 1 saturated heterocycles. The number of ether oxygens (including phenoxy) is 1. The van der Waals surface area contributed by atoms with Gasteiger partial charge in [0.1, 0.15) is 17.8 Å². The fraction of sp³-hybridized carbons (Fsp3) is 0.750. The number of nitrogens with zero attached hydrogens (tertiary/aromatic N) is 1. The zero-order chi connectivity index (χ0) is 26.8. The lowest BCUT2D eigenvalue weighted by molar-refractivity contribution is -0.0590. The minimum absolute atomic E-state index is 0.0475. The Morgan fingerprint density at radius 2 is 1.97 bits per heavy atom. The van der Waals surface area contributed by atoms with E-state index in [0.29, 0.717) is 64.1 Å². The molecule has 3 rings (SSSR count). The summed E-state index contributed by atoms with van der Waals surface area (Å²) in [4.78, 5) is 15.0. The van der Waals surface area contributed by atoms with Gasteiger partial charge in [-0.2, -0.15) is 0 Å². The number of amides is 2. The number of unbranched alkanes of at least 4 members (excludes halogenated alkanes) is 1. The zero-order valence-corrected chi connectivity index (χ0v) is 22.3. The van der Waals surface area contributed by atoms with Gasteiger partial charge >= 0.3 is 6.03 Å². The molecular formula is C28H44F3N3O3. The van der Waals surface area contributed by atoms with E-state index in [1.165, 1.54) is 0 Å². The number of hydrogen-bond donors (Lipinski definition) is 3. The highest BCUT2D eigenvalue weighted by molar-refractivity contribution is 5.74. The predicted octanol–water partition coefficient (Wildman–Crippen LogP) is 4.90. The molecule has 1 aromatic rings. The average Bonchev–Trinajstić information content (AvgIpc) is 2.89. The number of likely N-dealkylation sites (N-methyl/N-ethyl adjacent to an activating group) is 1. The third kappa shape index (κ3) is 8.32. The predicted molar refractivity (Wildman–Crippen MR) is 138 cm³/mol. The Hall–Kier alpha value is -1.84. The van der Waals surface area contributed by atoms with Crippen LogP contribution in [-0.2, 0) is 10.3 Å². The van der Waals surface area contributed by atoms with E-state index in [1.54, 1.807) is 12.0 Å². The van der Waals surface area contributed by atoms with Crippen molar-refractivity contribution >= 4 is 6.03 Å². The average molecular weight is 528 g/mol. The summed E-state index contributed by atoms with van der Waals surface area (Å²) in [6.45, 7) is 1.91. The minimum atomic E-state index is -1.60. The number of likely N-dealkylation sites (tertiary alicyclic amines) is 1. The van der Waals surface area contributed by atoms with Crippen molar-refractivity contribution in [2.24, 2.45) is 11.8 Å². The molecule has 1 aromatic carbocycles. The van der Waals surface area contributed by atoms with Gasteiger partial charge in [0.25, 0.3) is 0 Å². The minimum Gasteiger partial charge on any atom is -0.385 e. The number of carbonyl (C=O) groups excluding carboxylic acids is 1. The molecule has 6 nitrogen and oxygen atoms in total. The number of methoxy groups -OCH3 is 1. The summed E-state index contributed by atoms with van der Waals surface area (Å²) in [6.07, 6.45) is 5.67. The van der Waals surface area contributed by atoms with E-state index in [-0.39, 0.29) is 30.6 Å². The first-order valence-corrected chi connectivity index (χ1v) is 13.8. The van der Waals surface area contributed by atoms with Crippen molar-refractivity contribution in [3.05, 3.63) is 35.4 Å². The van der Waals surface area contributed by atoms with Crippen LogP contribution in [0, 0.1) is 23.5 Å². The van der Waals surface area contributed by atoms with Crippen LogP contribution in [0.5, 0.6) is 0 Å². The summed E-state index contributed by atoms with van der Waals surface area (Å²) in [5, 5.41) is 18.1. The van der Waals surface area contributed by atoms with E-state index in [4.69, 9.17) is 4.74 Å². The van der Waals surface area contributed by atoms with E-state index in [1.807, 2.05) is 7.05 Å². The van der Waals surface area contributed by atoms with E-state index >= 15 is 0 Å². The number of piperidine rings is 1. The van der Waals surface area contributed by atoms with Crippen molar-refractivity contribution in [1.82, 2.24) is 15.5 Å². The van der Waals surface area contributed by atoms with Gasteiger partial charge < -0.3 is 25.4 Å². The van der Waals surface area contributed by atoms with Crippen molar-refractivity contribution in [3.63, 3.8) is 0 Å². The number of alkyl halides is 1. The maximum Gasteiger partial charge on any atom is 0.317 e. The Kier molecular flexibility index (Phi) is 11.5. The summed E-state index contributed by atoms with van der Waals surface area (Å²) in [6, 6.07) is 2.88. The molecule has 2 aliphatic rings. The lowest BCUT2D eigenvalue weighted by Gasteiger charge is -2.43. The van der Waals surface area contributed by atoms with Crippen LogP contribution in [0.4, 0.5) is 18.0 Å². The quantitative estimate of drug-likeness (QED) is 0.338. The molecule has 3 N–H and O–H groups in total. The number of urea groups is 1. The Morgan fingerprint density at radius 3 is 2.68 bits per heavy atom. The van der Waals surface area contributed by atoms with E-state index < -0.39 is 29.3 Å². The normalized spacial score (nSPS) is 24.9. The highest BCUT2D eigenvalue weighted by Gasteiger charge is 2.43. The van der Waals surface area contributed by atoms with Crippen molar-refractivity contribution in [3.8, 4) is 0 Å². The molecular weight excluding hydrogens is 483 g/mol. The number of carbonyl (C=O) groups is 1. The molecule has 2 fully saturated rings. The molecule has 37 heavy (non-hydrogen) atoms. The third-order valence-electron chi connectivity index (χ3n) is 8.11. The highest BCUT2D eigenvalue weighted by Crippen LogP contribution is 2.41. The lowest BCUT2D eigenvalue weighted by atomic mass is 9.74. The second kappa shape index (κ2) is 14.4. The molecule has 0 radical (unpaired) electrons. The standard InChI is InChI=1S/C28H44F3N3O3/c1-32-18-24(16-20-7-9-22(29)10-8-20)33-27(35)34-14-5-6-21(19-34)28(36,13-3-4-15-37-2)25-17-23(30)11-12-26(25)31/h11-12,17,20-22,24,32,36H,3-10,13-16,18-19H2,1-2H3,(H,33,35)/t20-,21-,22-,24+,28+/m1/s1. The van der Waals surface area contributed by atoms with Crippen molar-refractivity contribution in [1.29, 1.82) is 0 Å². The van der Waals surface area contributed by atoms with Gasteiger partial charge in [-0.3, -0.25) is 0 Å². The molecule has 9 heteroatoms. The van der Waals surface area contributed by atoms with Crippen LogP contribution in [0.3, 0.4) is 0 Å². The van der Waals surface area contributed by atoms with Crippen LogP contribution in [0.1, 0.15) is 69.8 Å². The Labute approximate surface area is 219 Å². The summed E-state index contributed by atoms with van der Waals surface area (Å²) in [7, 11) is 3.44. The number of nitrogens with one attached hydrogen (secondary N) is 2. The van der Waals surface area contributed by atoms with Crippen molar-refractivity contribution < 1.29 is 27.8 Å². The molecule has 3 atom stereocenters. The van der Waals surface area contributed by atoms with Gasteiger partial charge in [0.15, 0.2) is 0 Å². The molecule has 0 bridgehead atoms. The molecule has 0 unspecified atom stereocenters. The molecule has 0 aromatic heterocycles. The van der Waals surface area contributed by atoms with Gasteiger partial charge in [0.05, 0.1) is 5.60 Å². The summed E-state index contributed by atoms with van der Waals surface area (Å²) >= 11 is 0. The first kappa shape index (κ1) is 29.7. The van der Waals surface area contributed by atoms with Crippen LogP contribution >= 0.6 is 0 Å². The topological polar surface area (TPSA) is 73.8 Å². The summed E-state index contributed by atoms with van der Waals surface area (Å²) in [5.74, 6) is -1.30. The Balaban J connectivity index is 1.70.